The lowest BCUT2D eigenvalue weighted by Crippen LogP contribution is -2.38. The molecule has 0 atom stereocenters. The van der Waals surface area contributed by atoms with E-state index in [0.29, 0.717) is 12.5 Å². The maximum absolute atomic E-state index is 12.1. The minimum atomic E-state index is -0.488. The van der Waals surface area contributed by atoms with Crippen LogP contribution in [0.2, 0.25) is 0 Å². The van der Waals surface area contributed by atoms with Gasteiger partial charge in [-0.25, -0.2) is 19.4 Å². The van der Waals surface area contributed by atoms with E-state index < -0.39 is 5.41 Å². The lowest BCUT2D eigenvalue weighted by molar-refractivity contribution is -0.204. The van der Waals surface area contributed by atoms with E-state index in [9.17, 15) is 4.79 Å². The number of benzene rings is 1. The van der Waals surface area contributed by atoms with Crippen molar-refractivity contribution >= 4 is 17.3 Å². The Labute approximate surface area is 185 Å². The van der Waals surface area contributed by atoms with Crippen molar-refractivity contribution in [1.29, 1.82) is 0 Å². The number of carbonyl (C=O) groups excluding carboxylic acids is 1. The summed E-state index contributed by atoms with van der Waals surface area (Å²) >= 11 is 1.68. The number of hydroxylamine groups is 2. The standard InChI is InChI=1S/C22H27N5O3S/c1-22(2,3)21(28)30-26-10-8-16(9-11-26)20-25-17(13-31-20)12-29-19-6-4-18(5-7-19)27-15-23-14-24-27/h4-7,13-16H,8-12H2,1-3H3. The van der Waals surface area contributed by atoms with Crippen LogP contribution in [-0.4, -0.2) is 43.9 Å². The molecule has 0 bridgehead atoms. The normalized spacial score (nSPS) is 15.7. The van der Waals surface area contributed by atoms with E-state index in [-0.39, 0.29) is 5.97 Å². The Morgan fingerprint density at radius 3 is 2.58 bits per heavy atom. The van der Waals surface area contributed by atoms with E-state index in [4.69, 9.17) is 14.6 Å². The minimum Gasteiger partial charge on any atom is -0.487 e. The number of hydrogen-bond donors (Lipinski definition) is 0. The fraction of sp³-hybridized carbons (Fsp3) is 0.455. The quantitative estimate of drug-likeness (QED) is 0.572. The van der Waals surface area contributed by atoms with E-state index in [1.54, 1.807) is 27.4 Å². The molecule has 0 spiro atoms. The van der Waals surface area contributed by atoms with Crippen LogP contribution in [-0.2, 0) is 16.2 Å². The maximum atomic E-state index is 12.1. The van der Waals surface area contributed by atoms with Gasteiger partial charge in [0.05, 0.1) is 21.8 Å². The molecule has 1 aromatic carbocycles. The van der Waals surface area contributed by atoms with Crippen LogP contribution < -0.4 is 4.74 Å². The first-order valence-corrected chi connectivity index (χ1v) is 11.3. The predicted octanol–water partition coefficient (Wildman–Crippen LogP) is 3.99. The van der Waals surface area contributed by atoms with Gasteiger partial charge in [0, 0.05) is 24.4 Å². The van der Waals surface area contributed by atoms with Gasteiger partial charge in [-0.05, 0) is 57.9 Å². The fourth-order valence-corrected chi connectivity index (χ4v) is 4.19. The highest BCUT2D eigenvalue weighted by atomic mass is 32.1. The Hall–Kier alpha value is -2.78. The van der Waals surface area contributed by atoms with Crippen LogP contribution in [0.3, 0.4) is 0 Å². The summed E-state index contributed by atoms with van der Waals surface area (Å²) in [5.74, 6) is 0.992. The molecular weight excluding hydrogens is 414 g/mol. The SMILES string of the molecule is CC(C)(C)C(=O)ON1CCC(c2nc(COc3ccc(-n4cncn4)cc3)cs2)CC1. The van der Waals surface area contributed by atoms with E-state index in [1.165, 1.54) is 6.33 Å². The molecule has 0 radical (unpaired) electrons. The lowest BCUT2D eigenvalue weighted by atomic mass is 9.97. The van der Waals surface area contributed by atoms with Crippen LogP contribution in [0.4, 0.5) is 0 Å². The van der Waals surface area contributed by atoms with Crippen molar-refractivity contribution in [3.63, 3.8) is 0 Å². The average molecular weight is 442 g/mol. The number of ether oxygens (including phenoxy) is 1. The second-order valence-corrected chi connectivity index (χ2v) is 9.52. The molecule has 0 unspecified atom stereocenters. The number of carbonyl (C=O) groups is 1. The highest BCUT2D eigenvalue weighted by Gasteiger charge is 2.29. The minimum absolute atomic E-state index is 0.186. The highest BCUT2D eigenvalue weighted by molar-refractivity contribution is 7.09. The van der Waals surface area contributed by atoms with Crippen molar-refractivity contribution in [3.8, 4) is 11.4 Å². The molecule has 1 saturated heterocycles. The summed E-state index contributed by atoms with van der Waals surface area (Å²) in [5.41, 5.74) is 1.37. The van der Waals surface area contributed by atoms with Crippen LogP contribution >= 0.6 is 11.3 Å². The van der Waals surface area contributed by atoms with Crippen molar-refractivity contribution in [2.75, 3.05) is 13.1 Å². The zero-order chi connectivity index (χ0) is 21.8. The number of aromatic nitrogens is 4. The Kier molecular flexibility index (Phi) is 6.33. The first-order chi connectivity index (χ1) is 14.9. The Balaban J connectivity index is 1.26. The second kappa shape index (κ2) is 9.15. The first kappa shape index (κ1) is 21.5. The van der Waals surface area contributed by atoms with Gasteiger partial charge in [0.2, 0.25) is 0 Å². The maximum Gasteiger partial charge on any atom is 0.330 e. The largest absolute Gasteiger partial charge is 0.487 e. The number of rotatable bonds is 6. The molecule has 31 heavy (non-hydrogen) atoms. The van der Waals surface area contributed by atoms with Gasteiger partial charge in [0.25, 0.3) is 0 Å². The molecule has 1 aliphatic heterocycles. The summed E-state index contributed by atoms with van der Waals surface area (Å²) in [6, 6.07) is 7.71. The van der Waals surface area contributed by atoms with Crippen molar-refractivity contribution in [2.24, 2.45) is 5.41 Å². The Morgan fingerprint density at radius 1 is 1.19 bits per heavy atom. The van der Waals surface area contributed by atoms with Crippen LogP contribution in [0.25, 0.3) is 5.69 Å². The predicted molar refractivity (Wildman–Crippen MR) is 117 cm³/mol. The highest BCUT2D eigenvalue weighted by Crippen LogP contribution is 2.31. The van der Waals surface area contributed by atoms with Gasteiger partial charge in [-0.15, -0.1) is 16.4 Å². The first-order valence-electron chi connectivity index (χ1n) is 10.4. The third-order valence-electron chi connectivity index (χ3n) is 5.10. The van der Waals surface area contributed by atoms with E-state index >= 15 is 0 Å². The second-order valence-electron chi connectivity index (χ2n) is 8.63. The third kappa shape index (κ3) is 5.48. The molecule has 0 saturated carbocycles. The molecule has 3 heterocycles. The number of thiazole rings is 1. The molecule has 0 amide bonds. The molecule has 9 heteroatoms. The van der Waals surface area contributed by atoms with Crippen LogP contribution in [0, 0.1) is 5.41 Å². The van der Waals surface area contributed by atoms with E-state index in [0.717, 1.165) is 48.1 Å². The van der Waals surface area contributed by atoms with Gasteiger partial charge in [-0.2, -0.15) is 5.10 Å². The summed E-state index contributed by atoms with van der Waals surface area (Å²) in [5, 5.41) is 9.08. The summed E-state index contributed by atoms with van der Waals surface area (Å²) in [7, 11) is 0. The summed E-state index contributed by atoms with van der Waals surface area (Å²) in [6.07, 6.45) is 5.02. The third-order valence-corrected chi connectivity index (χ3v) is 6.16. The fourth-order valence-electron chi connectivity index (χ4n) is 3.22. The van der Waals surface area contributed by atoms with Crippen molar-refractivity contribution in [2.45, 2.75) is 46.1 Å². The van der Waals surface area contributed by atoms with Crippen LogP contribution in [0.15, 0.2) is 42.3 Å². The summed E-state index contributed by atoms with van der Waals surface area (Å²) in [4.78, 5) is 26.3. The summed E-state index contributed by atoms with van der Waals surface area (Å²) < 4.78 is 7.59. The average Bonchev–Trinajstić information content (AvgIpc) is 3.45. The molecule has 3 aromatic rings. The van der Waals surface area contributed by atoms with Gasteiger partial charge in [0.15, 0.2) is 0 Å². The van der Waals surface area contributed by atoms with E-state index in [1.807, 2.05) is 45.0 Å². The Bertz CT molecular complexity index is 987. The van der Waals surface area contributed by atoms with Crippen molar-refractivity contribution < 1.29 is 14.4 Å². The molecule has 1 aliphatic rings. The smallest absolute Gasteiger partial charge is 0.330 e. The zero-order valence-electron chi connectivity index (χ0n) is 18.0. The lowest BCUT2D eigenvalue weighted by Gasteiger charge is -2.31. The van der Waals surface area contributed by atoms with Crippen LogP contribution in [0.1, 0.15) is 50.2 Å². The van der Waals surface area contributed by atoms with Gasteiger partial charge in [-0.3, -0.25) is 0 Å². The van der Waals surface area contributed by atoms with Gasteiger partial charge >= 0.3 is 5.97 Å². The van der Waals surface area contributed by atoms with Crippen molar-refractivity contribution in [3.05, 3.63) is 53.0 Å². The zero-order valence-corrected chi connectivity index (χ0v) is 18.8. The number of nitrogens with zero attached hydrogens (tertiary/aromatic N) is 5. The summed E-state index contributed by atoms with van der Waals surface area (Å²) in [6.45, 7) is 7.50. The van der Waals surface area contributed by atoms with Gasteiger partial charge in [-0.1, -0.05) is 0 Å². The monoisotopic (exact) mass is 441 g/mol. The topological polar surface area (TPSA) is 82.4 Å². The van der Waals surface area contributed by atoms with Gasteiger partial charge < -0.3 is 9.57 Å². The molecule has 4 rings (SSSR count). The molecule has 164 valence electrons. The molecule has 1 fully saturated rings. The molecule has 0 N–H and O–H groups in total. The molecule has 8 nitrogen and oxygen atoms in total. The van der Waals surface area contributed by atoms with Gasteiger partial charge in [0.1, 0.15) is 25.0 Å². The number of hydrogen-bond acceptors (Lipinski definition) is 8. The Morgan fingerprint density at radius 2 is 1.94 bits per heavy atom. The van der Waals surface area contributed by atoms with Crippen molar-refractivity contribution in [1.82, 2.24) is 24.8 Å². The number of piperidine rings is 1. The van der Waals surface area contributed by atoms with E-state index in [2.05, 4.69) is 15.5 Å². The molecular formula is C22H27N5O3S. The molecule has 2 aromatic heterocycles. The molecule has 0 aliphatic carbocycles. The van der Waals surface area contributed by atoms with Crippen LogP contribution in [0.5, 0.6) is 5.75 Å².